The number of para-hydroxylation sites is 1. The van der Waals surface area contributed by atoms with E-state index in [2.05, 4.69) is 5.32 Å². The third kappa shape index (κ3) is 4.23. The number of methoxy groups -OCH3 is 1. The van der Waals surface area contributed by atoms with Crippen LogP contribution in [-0.4, -0.2) is 49.7 Å². The van der Waals surface area contributed by atoms with Crippen LogP contribution in [0.5, 0.6) is 0 Å². The number of rotatable bonds is 5. The van der Waals surface area contributed by atoms with Crippen molar-refractivity contribution in [1.82, 2.24) is 4.90 Å². The molecule has 1 aliphatic heterocycles. The van der Waals surface area contributed by atoms with E-state index in [-0.39, 0.29) is 30.3 Å². The normalized spacial score (nSPS) is 23.0. The number of anilines is 1. The first-order valence-corrected chi connectivity index (χ1v) is 7.15. The van der Waals surface area contributed by atoms with E-state index >= 15 is 0 Å². The van der Waals surface area contributed by atoms with Gasteiger partial charge in [0.25, 0.3) is 0 Å². The van der Waals surface area contributed by atoms with Gasteiger partial charge in [-0.2, -0.15) is 0 Å². The van der Waals surface area contributed by atoms with Crippen molar-refractivity contribution in [2.75, 3.05) is 32.1 Å². The van der Waals surface area contributed by atoms with Crippen molar-refractivity contribution in [2.45, 2.75) is 25.0 Å². The number of nitrogens with one attached hydrogen (secondary N) is 1. The van der Waals surface area contributed by atoms with Crippen molar-refractivity contribution >= 4 is 11.6 Å². The summed E-state index contributed by atoms with van der Waals surface area (Å²) in [6.07, 6.45) is 1.89. The first-order valence-electron chi connectivity index (χ1n) is 7.15. The summed E-state index contributed by atoms with van der Waals surface area (Å²) < 4.78 is 18.9. The Labute approximate surface area is 124 Å². The Morgan fingerprint density at radius 3 is 2.95 bits per heavy atom. The van der Waals surface area contributed by atoms with Crippen LogP contribution in [0, 0.1) is 5.82 Å². The van der Waals surface area contributed by atoms with Crippen molar-refractivity contribution < 1.29 is 13.9 Å². The minimum Gasteiger partial charge on any atom is -0.381 e. The van der Waals surface area contributed by atoms with Gasteiger partial charge in [-0.3, -0.25) is 9.69 Å². The van der Waals surface area contributed by atoms with Crippen molar-refractivity contribution in [3.05, 3.63) is 30.1 Å². The highest BCUT2D eigenvalue weighted by molar-refractivity contribution is 5.92. The lowest BCUT2D eigenvalue weighted by molar-refractivity contribution is -0.118. The fraction of sp³-hybridized carbons (Fsp3) is 0.533. The Kier molecular flexibility index (Phi) is 5.67. The quantitative estimate of drug-likeness (QED) is 0.856. The molecule has 0 spiro atoms. The second-order valence-corrected chi connectivity index (χ2v) is 5.27. The Morgan fingerprint density at radius 2 is 2.29 bits per heavy atom. The van der Waals surface area contributed by atoms with E-state index < -0.39 is 5.82 Å². The number of halogens is 1. The number of piperidine rings is 1. The summed E-state index contributed by atoms with van der Waals surface area (Å²) in [5.41, 5.74) is 5.98. The number of carbonyl (C=O) groups is 1. The average Bonchev–Trinajstić information content (AvgIpc) is 2.50. The summed E-state index contributed by atoms with van der Waals surface area (Å²) >= 11 is 0. The van der Waals surface area contributed by atoms with Crippen LogP contribution in [0.15, 0.2) is 24.3 Å². The molecular formula is C15H22FN3O2. The maximum absolute atomic E-state index is 13.5. The molecule has 3 N–H and O–H groups in total. The van der Waals surface area contributed by atoms with E-state index in [1.165, 1.54) is 6.07 Å². The average molecular weight is 295 g/mol. The lowest BCUT2D eigenvalue weighted by Crippen LogP contribution is -2.51. The second-order valence-electron chi connectivity index (χ2n) is 5.27. The fourth-order valence-corrected chi connectivity index (χ4v) is 2.67. The SMILES string of the molecule is COC1CCN(CC(=O)Nc2ccccc2F)C(CN)C1. The predicted molar refractivity (Wildman–Crippen MR) is 79.5 cm³/mol. The number of hydrogen-bond donors (Lipinski definition) is 2. The summed E-state index contributed by atoms with van der Waals surface area (Å²) in [7, 11) is 1.69. The third-order valence-electron chi connectivity index (χ3n) is 3.89. The molecule has 0 bridgehead atoms. The number of benzene rings is 1. The van der Waals surface area contributed by atoms with E-state index in [0.29, 0.717) is 6.54 Å². The number of likely N-dealkylation sites (tertiary alicyclic amines) is 1. The van der Waals surface area contributed by atoms with Crippen LogP contribution in [0.25, 0.3) is 0 Å². The van der Waals surface area contributed by atoms with Crippen molar-refractivity contribution in [3.8, 4) is 0 Å². The summed E-state index contributed by atoms with van der Waals surface area (Å²) in [4.78, 5) is 14.1. The van der Waals surface area contributed by atoms with E-state index in [4.69, 9.17) is 10.5 Å². The molecule has 2 unspecified atom stereocenters. The molecule has 1 heterocycles. The standard InChI is InChI=1S/C15H22FN3O2/c1-21-12-6-7-19(11(8-12)9-17)10-15(20)18-14-5-3-2-4-13(14)16/h2-5,11-12H,6-10,17H2,1H3,(H,18,20). The molecule has 1 aliphatic rings. The molecule has 1 aromatic carbocycles. The number of hydrogen-bond acceptors (Lipinski definition) is 4. The van der Waals surface area contributed by atoms with Gasteiger partial charge in [0.15, 0.2) is 0 Å². The smallest absolute Gasteiger partial charge is 0.238 e. The molecule has 0 aliphatic carbocycles. The predicted octanol–water partition coefficient (Wildman–Crippen LogP) is 1.20. The lowest BCUT2D eigenvalue weighted by atomic mass is 9.99. The van der Waals surface area contributed by atoms with E-state index in [0.717, 1.165) is 19.4 Å². The molecule has 21 heavy (non-hydrogen) atoms. The summed E-state index contributed by atoms with van der Waals surface area (Å²) in [6.45, 7) is 1.45. The van der Waals surface area contributed by atoms with Crippen LogP contribution in [0.2, 0.25) is 0 Å². The molecule has 1 aromatic rings. The zero-order chi connectivity index (χ0) is 15.2. The maximum atomic E-state index is 13.5. The Balaban J connectivity index is 1.91. The Hall–Kier alpha value is -1.50. The first kappa shape index (κ1) is 15.9. The summed E-state index contributed by atoms with van der Waals surface area (Å²) in [5, 5.41) is 2.60. The van der Waals surface area contributed by atoms with Gasteiger partial charge in [-0.25, -0.2) is 4.39 Å². The molecule has 2 atom stereocenters. The van der Waals surface area contributed by atoms with Crippen LogP contribution in [0.1, 0.15) is 12.8 Å². The van der Waals surface area contributed by atoms with Gasteiger partial charge >= 0.3 is 0 Å². The van der Waals surface area contributed by atoms with Crippen LogP contribution < -0.4 is 11.1 Å². The minimum absolute atomic E-state index is 0.120. The Bertz CT molecular complexity index is 484. The molecule has 116 valence electrons. The molecule has 0 saturated carbocycles. The number of ether oxygens (including phenoxy) is 1. The highest BCUT2D eigenvalue weighted by Crippen LogP contribution is 2.19. The van der Waals surface area contributed by atoms with E-state index in [1.807, 2.05) is 4.90 Å². The Morgan fingerprint density at radius 1 is 1.52 bits per heavy atom. The molecule has 1 amide bonds. The molecule has 5 nitrogen and oxygen atoms in total. The minimum atomic E-state index is -0.431. The van der Waals surface area contributed by atoms with Crippen molar-refractivity contribution in [3.63, 3.8) is 0 Å². The van der Waals surface area contributed by atoms with Crippen LogP contribution in [0.4, 0.5) is 10.1 Å². The molecule has 0 radical (unpaired) electrons. The van der Waals surface area contributed by atoms with Crippen LogP contribution >= 0.6 is 0 Å². The van der Waals surface area contributed by atoms with E-state index in [9.17, 15) is 9.18 Å². The first-order chi connectivity index (χ1) is 10.1. The lowest BCUT2D eigenvalue weighted by Gasteiger charge is -2.37. The van der Waals surface area contributed by atoms with Gasteiger partial charge in [0.2, 0.25) is 5.91 Å². The third-order valence-corrected chi connectivity index (χ3v) is 3.89. The fourth-order valence-electron chi connectivity index (χ4n) is 2.67. The summed E-state index contributed by atoms with van der Waals surface area (Å²) in [5.74, 6) is -0.659. The zero-order valence-corrected chi connectivity index (χ0v) is 12.2. The highest BCUT2D eigenvalue weighted by atomic mass is 19.1. The number of nitrogens with zero attached hydrogens (tertiary/aromatic N) is 1. The van der Waals surface area contributed by atoms with Crippen molar-refractivity contribution in [2.24, 2.45) is 5.73 Å². The zero-order valence-electron chi connectivity index (χ0n) is 12.2. The van der Waals surface area contributed by atoms with Gasteiger partial charge < -0.3 is 15.8 Å². The van der Waals surface area contributed by atoms with Gasteiger partial charge in [-0.05, 0) is 25.0 Å². The molecule has 1 saturated heterocycles. The van der Waals surface area contributed by atoms with Gasteiger partial charge in [0, 0.05) is 26.2 Å². The molecule has 6 heteroatoms. The molecule has 1 fully saturated rings. The second kappa shape index (κ2) is 7.49. The largest absolute Gasteiger partial charge is 0.381 e. The number of nitrogens with two attached hydrogens (primary N) is 1. The summed E-state index contributed by atoms with van der Waals surface area (Å²) in [6, 6.07) is 6.26. The highest BCUT2D eigenvalue weighted by Gasteiger charge is 2.28. The van der Waals surface area contributed by atoms with Crippen molar-refractivity contribution in [1.29, 1.82) is 0 Å². The maximum Gasteiger partial charge on any atom is 0.238 e. The molecule has 0 aromatic heterocycles. The van der Waals surface area contributed by atoms with Crippen LogP contribution in [-0.2, 0) is 9.53 Å². The van der Waals surface area contributed by atoms with Gasteiger partial charge in [-0.1, -0.05) is 12.1 Å². The van der Waals surface area contributed by atoms with Gasteiger partial charge in [0.05, 0.1) is 18.3 Å². The monoisotopic (exact) mass is 295 g/mol. The number of carbonyl (C=O) groups excluding carboxylic acids is 1. The van der Waals surface area contributed by atoms with Gasteiger partial charge in [0.1, 0.15) is 5.82 Å². The molecular weight excluding hydrogens is 273 g/mol. The topological polar surface area (TPSA) is 67.6 Å². The number of amides is 1. The molecule has 2 rings (SSSR count). The van der Waals surface area contributed by atoms with Gasteiger partial charge in [-0.15, -0.1) is 0 Å². The van der Waals surface area contributed by atoms with E-state index in [1.54, 1.807) is 25.3 Å². The van der Waals surface area contributed by atoms with Crippen LogP contribution in [0.3, 0.4) is 0 Å².